The van der Waals surface area contributed by atoms with Crippen LogP contribution in [0.25, 0.3) is 11.6 Å². The second kappa shape index (κ2) is 9.33. The van der Waals surface area contributed by atoms with Crippen molar-refractivity contribution in [2.24, 2.45) is 0 Å². The van der Waals surface area contributed by atoms with E-state index in [-0.39, 0.29) is 12.3 Å². The van der Waals surface area contributed by atoms with Gasteiger partial charge >= 0.3 is 5.97 Å². The molecule has 0 saturated heterocycles. The minimum Gasteiger partial charge on any atom is -0.493 e. The topological polar surface area (TPSA) is 62.5 Å². The summed E-state index contributed by atoms with van der Waals surface area (Å²) in [6.07, 6.45) is 2.18. The van der Waals surface area contributed by atoms with Crippen LogP contribution in [0.4, 0.5) is 0 Å². The number of benzene rings is 2. The molecule has 1 aromatic heterocycles. The Morgan fingerprint density at radius 2 is 1.64 bits per heavy atom. The lowest BCUT2D eigenvalue weighted by Gasteiger charge is -2.05. The second-order valence-electron chi connectivity index (χ2n) is 6.10. The average molecular weight is 410 g/mol. The first-order chi connectivity index (χ1) is 13.6. The van der Waals surface area contributed by atoms with Gasteiger partial charge < -0.3 is 10.2 Å². The first-order valence-electron chi connectivity index (χ1n) is 8.78. The number of nitrogens with zero attached hydrogens (tertiary/aromatic N) is 1. The highest BCUT2D eigenvalue weighted by Gasteiger charge is 2.10. The Balaban J connectivity index is 2.00. The van der Waals surface area contributed by atoms with E-state index in [0.29, 0.717) is 21.8 Å². The fourth-order valence-electron chi connectivity index (χ4n) is 2.77. The maximum Gasteiger partial charge on any atom is 0.303 e. The molecule has 0 fully saturated rings. The van der Waals surface area contributed by atoms with Crippen LogP contribution in [0, 0.1) is 3.95 Å². The molecule has 0 aliphatic heterocycles. The molecule has 0 aliphatic rings. The van der Waals surface area contributed by atoms with Gasteiger partial charge in [0.2, 0.25) is 5.88 Å². The van der Waals surface area contributed by atoms with Crippen LogP contribution in [0.5, 0.6) is 5.88 Å². The summed E-state index contributed by atoms with van der Waals surface area (Å²) in [6, 6.07) is 19.9. The lowest BCUT2D eigenvalue weighted by molar-refractivity contribution is -0.137. The molecule has 142 valence electrons. The van der Waals surface area contributed by atoms with Crippen molar-refractivity contribution in [3.8, 4) is 5.88 Å². The lowest BCUT2D eigenvalue weighted by atomic mass is 9.99. The van der Waals surface area contributed by atoms with Crippen LogP contribution in [0.3, 0.4) is 0 Å². The quantitative estimate of drug-likeness (QED) is 0.394. The van der Waals surface area contributed by atoms with Gasteiger partial charge in [0.25, 0.3) is 0 Å². The molecule has 1 heterocycles. The van der Waals surface area contributed by atoms with Crippen LogP contribution in [0.1, 0.15) is 28.8 Å². The zero-order valence-electron chi connectivity index (χ0n) is 15.0. The van der Waals surface area contributed by atoms with E-state index in [1.165, 1.54) is 11.3 Å². The van der Waals surface area contributed by atoms with Gasteiger partial charge in [0, 0.05) is 24.6 Å². The summed E-state index contributed by atoms with van der Waals surface area (Å²) in [5.41, 5.74) is 6.27. The van der Waals surface area contributed by atoms with Crippen LogP contribution in [-0.2, 0) is 11.3 Å². The summed E-state index contributed by atoms with van der Waals surface area (Å²) in [6.45, 7) is 0.370. The molecule has 2 aromatic carbocycles. The van der Waals surface area contributed by atoms with Gasteiger partial charge in [-0.1, -0.05) is 60.7 Å². The standard InChI is InChI=1S/C22H19NO3S2/c24-20(25)12-7-15-23-21(26)19(28-22(23)27)14-13-18(16-8-3-1-4-9-16)17-10-5-2-6-11-17/h1-6,8-11,14,26H,7,12,15H2,(H,24,25). The number of hydrogen-bond donors (Lipinski definition) is 2. The Hall–Kier alpha value is -2.92. The zero-order chi connectivity index (χ0) is 19.9. The van der Waals surface area contributed by atoms with E-state index >= 15 is 0 Å². The van der Waals surface area contributed by atoms with Gasteiger partial charge in [-0.3, -0.25) is 9.36 Å². The number of thiazole rings is 1. The summed E-state index contributed by atoms with van der Waals surface area (Å²) in [5.74, 6) is -0.812. The fraction of sp³-hybridized carbons (Fsp3) is 0.136. The van der Waals surface area contributed by atoms with E-state index in [1.807, 2.05) is 60.7 Å². The van der Waals surface area contributed by atoms with E-state index in [0.717, 1.165) is 16.7 Å². The number of carboxylic acid groups (broad SMARTS) is 1. The van der Waals surface area contributed by atoms with Crippen LogP contribution >= 0.6 is 23.6 Å². The highest BCUT2D eigenvalue weighted by molar-refractivity contribution is 7.73. The third kappa shape index (κ3) is 4.87. The van der Waals surface area contributed by atoms with Gasteiger partial charge in [0.05, 0.1) is 4.88 Å². The Morgan fingerprint density at radius 1 is 1.07 bits per heavy atom. The van der Waals surface area contributed by atoms with E-state index in [4.69, 9.17) is 17.3 Å². The second-order valence-corrected chi connectivity index (χ2v) is 7.78. The maximum atomic E-state index is 10.7. The number of aromatic nitrogens is 1. The van der Waals surface area contributed by atoms with Gasteiger partial charge in [0.15, 0.2) is 3.95 Å². The first kappa shape index (κ1) is 19.8. The van der Waals surface area contributed by atoms with Gasteiger partial charge in [-0.05, 0) is 29.8 Å². The van der Waals surface area contributed by atoms with Crippen LogP contribution in [0.15, 0.2) is 66.4 Å². The Bertz CT molecular complexity index is 1030. The van der Waals surface area contributed by atoms with E-state index < -0.39 is 5.97 Å². The predicted molar refractivity (Wildman–Crippen MR) is 115 cm³/mol. The van der Waals surface area contributed by atoms with E-state index in [9.17, 15) is 9.90 Å². The summed E-state index contributed by atoms with van der Waals surface area (Å²) in [5, 5.41) is 19.3. The van der Waals surface area contributed by atoms with Crippen molar-refractivity contribution in [1.82, 2.24) is 4.57 Å². The van der Waals surface area contributed by atoms with Gasteiger partial charge in [-0.25, -0.2) is 0 Å². The fourth-order valence-corrected chi connectivity index (χ4v) is 4.02. The lowest BCUT2D eigenvalue weighted by Crippen LogP contribution is -2.01. The Labute approximate surface area is 172 Å². The normalized spacial score (nSPS) is 10.3. The Morgan fingerprint density at radius 3 is 2.18 bits per heavy atom. The van der Waals surface area contributed by atoms with E-state index in [1.54, 1.807) is 10.6 Å². The molecule has 28 heavy (non-hydrogen) atoms. The molecule has 3 rings (SSSR count). The molecule has 3 aromatic rings. The molecule has 0 atom stereocenters. The van der Waals surface area contributed by atoms with Gasteiger partial charge in [-0.15, -0.1) is 17.1 Å². The van der Waals surface area contributed by atoms with Crippen molar-refractivity contribution in [2.75, 3.05) is 0 Å². The third-order valence-electron chi connectivity index (χ3n) is 4.14. The minimum absolute atomic E-state index is 0.0360. The average Bonchev–Trinajstić information content (AvgIpc) is 2.97. The van der Waals surface area contributed by atoms with E-state index in [2.05, 4.69) is 5.73 Å². The zero-order valence-corrected chi connectivity index (χ0v) is 16.7. The number of carbonyl (C=O) groups is 1. The van der Waals surface area contributed by atoms with Crippen molar-refractivity contribution in [1.29, 1.82) is 0 Å². The molecular formula is C22H19NO3S2. The van der Waals surface area contributed by atoms with Crippen molar-refractivity contribution in [3.05, 3.63) is 86.4 Å². The van der Waals surface area contributed by atoms with Crippen molar-refractivity contribution < 1.29 is 15.0 Å². The summed E-state index contributed by atoms with van der Waals surface area (Å²) in [4.78, 5) is 11.3. The molecule has 6 heteroatoms. The van der Waals surface area contributed by atoms with Crippen molar-refractivity contribution >= 4 is 41.2 Å². The minimum atomic E-state index is -0.861. The molecule has 0 saturated carbocycles. The number of rotatable bonds is 7. The number of aliphatic carboxylic acids is 1. The predicted octanol–water partition coefficient (Wildman–Crippen LogP) is 5.59. The molecule has 0 spiro atoms. The smallest absolute Gasteiger partial charge is 0.303 e. The number of hydrogen-bond acceptors (Lipinski definition) is 4. The number of carboxylic acids is 1. The molecule has 4 nitrogen and oxygen atoms in total. The van der Waals surface area contributed by atoms with Crippen LogP contribution in [-0.4, -0.2) is 20.7 Å². The van der Waals surface area contributed by atoms with Gasteiger partial charge in [0.1, 0.15) is 0 Å². The summed E-state index contributed by atoms with van der Waals surface area (Å²) >= 11 is 6.61. The molecule has 0 radical (unpaired) electrons. The molecule has 0 bridgehead atoms. The van der Waals surface area contributed by atoms with Crippen molar-refractivity contribution in [2.45, 2.75) is 19.4 Å². The first-order valence-corrected chi connectivity index (χ1v) is 10.0. The summed E-state index contributed by atoms with van der Waals surface area (Å²) in [7, 11) is 0. The maximum absolute atomic E-state index is 10.7. The number of aromatic hydroxyl groups is 1. The van der Waals surface area contributed by atoms with Crippen LogP contribution in [0.2, 0.25) is 0 Å². The Kier molecular flexibility index (Phi) is 6.61. The molecule has 0 unspecified atom stereocenters. The monoisotopic (exact) mass is 409 g/mol. The van der Waals surface area contributed by atoms with Crippen molar-refractivity contribution in [3.63, 3.8) is 0 Å². The largest absolute Gasteiger partial charge is 0.493 e. The van der Waals surface area contributed by atoms with Gasteiger partial charge in [-0.2, -0.15) is 0 Å². The van der Waals surface area contributed by atoms with Crippen LogP contribution < -0.4 is 0 Å². The molecular weight excluding hydrogens is 390 g/mol. The SMILES string of the molecule is O=C(O)CCCn1c(O)c(C=C=C(c2ccccc2)c2ccccc2)sc1=S. The highest BCUT2D eigenvalue weighted by atomic mass is 32.1. The summed E-state index contributed by atoms with van der Waals surface area (Å²) < 4.78 is 2.08. The molecule has 0 aliphatic carbocycles. The third-order valence-corrected chi connectivity index (χ3v) is 5.52. The molecule has 2 N–H and O–H groups in total. The molecule has 0 amide bonds. The highest BCUT2D eigenvalue weighted by Crippen LogP contribution is 2.29.